The van der Waals surface area contributed by atoms with Crippen LogP contribution >= 0.6 is 0 Å². The first-order valence-corrected chi connectivity index (χ1v) is 24.7. The third-order valence-corrected chi connectivity index (χ3v) is 12.7. The monoisotopic (exact) mass is 821 g/mol. The van der Waals surface area contributed by atoms with Gasteiger partial charge in [0, 0.05) is 45.6 Å². The molecule has 0 aromatic carbocycles. The first-order chi connectivity index (χ1) is 27.8. The molecule has 0 spiro atoms. The van der Waals surface area contributed by atoms with Gasteiger partial charge in [-0.05, 0) is 87.5 Å². The maximum Gasteiger partial charge on any atom is 0.308 e. The first-order valence-electron chi connectivity index (χ1n) is 24.7. The molecule has 0 saturated carbocycles. The number of rotatable bonds is 37. The number of unbranched alkanes of at least 4 members (excludes halogenated alkanes) is 12. The van der Waals surface area contributed by atoms with Gasteiger partial charge < -0.3 is 24.0 Å². The van der Waals surface area contributed by atoms with E-state index in [1.165, 1.54) is 38.5 Å². The van der Waals surface area contributed by atoms with Crippen molar-refractivity contribution < 1.29 is 28.6 Å². The lowest BCUT2D eigenvalue weighted by molar-refractivity contribution is -0.149. The summed E-state index contributed by atoms with van der Waals surface area (Å²) in [6.45, 7) is 25.0. The van der Waals surface area contributed by atoms with Crippen LogP contribution in [-0.2, 0) is 28.6 Å². The van der Waals surface area contributed by atoms with Gasteiger partial charge >= 0.3 is 17.9 Å². The third-order valence-electron chi connectivity index (χ3n) is 12.7. The van der Waals surface area contributed by atoms with Gasteiger partial charge in [0.15, 0.2) is 0 Å². The number of carbonyl (C=O) groups excluding carboxylic acids is 3. The van der Waals surface area contributed by atoms with Crippen LogP contribution < -0.4 is 0 Å². The van der Waals surface area contributed by atoms with Gasteiger partial charge in [-0.2, -0.15) is 0 Å². The average Bonchev–Trinajstić information content (AvgIpc) is 3.17. The minimum atomic E-state index is -0.0376. The fourth-order valence-electron chi connectivity index (χ4n) is 7.98. The van der Waals surface area contributed by atoms with Crippen LogP contribution in [0.1, 0.15) is 203 Å². The summed E-state index contributed by atoms with van der Waals surface area (Å²) in [6.07, 6.45) is 23.8. The second-order valence-electron chi connectivity index (χ2n) is 19.7. The molecule has 0 aromatic rings. The topological polar surface area (TPSA) is 85.4 Å². The second kappa shape index (κ2) is 35.0. The molecule has 1 aliphatic heterocycles. The van der Waals surface area contributed by atoms with Crippen LogP contribution in [0.2, 0.25) is 0 Å². The lowest BCUT2D eigenvalue weighted by Gasteiger charge is -2.32. The Balaban J connectivity index is 2.30. The molecule has 1 aliphatic rings. The quantitative estimate of drug-likeness (QED) is 0.0348. The first kappa shape index (κ1) is 54.3. The van der Waals surface area contributed by atoms with Crippen molar-refractivity contribution >= 4 is 17.9 Å². The summed E-state index contributed by atoms with van der Waals surface area (Å²) in [7, 11) is 2.18. The molecular weight excluding hydrogens is 725 g/mol. The molecule has 2 atom stereocenters. The number of ether oxygens (including phenoxy) is 3. The van der Waals surface area contributed by atoms with Gasteiger partial charge in [0.1, 0.15) is 0 Å². The Kier molecular flexibility index (Phi) is 32.8. The summed E-state index contributed by atoms with van der Waals surface area (Å²) in [6, 6.07) is 0. The van der Waals surface area contributed by atoms with E-state index in [0.29, 0.717) is 68.2 Å². The number of esters is 3. The predicted molar refractivity (Wildman–Crippen MR) is 243 cm³/mol. The Morgan fingerprint density at radius 3 is 1.26 bits per heavy atom. The van der Waals surface area contributed by atoms with Crippen molar-refractivity contribution in [3.05, 3.63) is 0 Å². The van der Waals surface area contributed by atoms with Crippen LogP contribution in [0.25, 0.3) is 0 Å². The Morgan fingerprint density at radius 2 is 0.862 bits per heavy atom. The second-order valence-corrected chi connectivity index (χ2v) is 19.7. The van der Waals surface area contributed by atoms with E-state index in [1.54, 1.807) is 0 Å². The molecule has 0 N–H and O–H groups in total. The van der Waals surface area contributed by atoms with E-state index in [2.05, 4.69) is 72.2 Å². The molecule has 1 fully saturated rings. The zero-order valence-electron chi connectivity index (χ0n) is 39.8. The Hall–Kier alpha value is -1.67. The highest BCUT2D eigenvalue weighted by molar-refractivity contribution is 5.72. The van der Waals surface area contributed by atoms with Crippen molar-refractivity contribution in [3.63, 3.8) is 0 Å². The fourth-order valence-corrected chi connectivity index (χ4v) is 7.98. The molecule has 58 heavy (non-hydrogen) atoms. The Morgan fingerprint density at radius 1 is 0.466 bits per heavy atom. The maximum absolute atomic E-state index is 13.3. The van der Waals surface area contributed by atoms with Crippen molar-refractivity contribution in [1.29, 1.82) is 0 Å². The maximum atomic E-state index is 13.3. The lowest BCUT2D eigenvalue weighted by Crippen LogP contribution is -2.44. The van der Waals surface area contributed by atoms with E-state index in [4.69, 9.17) is 14.2 Å². The van der Waals surface area contributed by atoms with E-state index in [9.17, 15) is 14.4 Å². The summed E-state index contributed by atoms with van der Waals surface area (Å²) in [4.78, 5) is 42.8. The van der Waals surface area contributed by atoms with Gasteiger partial charge in [-0.1, -0.05) is 145 Å². The molecule has 0 aromatic heterocycles. The summed E-state index contributed by atoms with van der Waals surface area (Å²) in [5.41, 5.74) is 0. The molecule has 1 heterocycles. The molecule has 8 heteroatoms. The predicted octanol–water partition coefficient (Wildman–Crippen LogP) is 12.3. The highest BCUT2D eigenvalue weighted by Gasteiger charge is 2.21. The van der Waals surface area contributed by atoms with Crippen LogP contribution in [0.15, 0.2) is 0 Å². The third kappa shape index (κ3) is 30.4. The van der Waals surface area contributed by atoms with E-state index >= 15 is 0 Å². The van der Waals surface area contributed by atoms with E-state index in [1.807, 2.05) is 0 Å². The number of hydrogen-bond acceptors (Lipinski definition) is 8. The van der Waals surface area contributed by atoms with E-state index < -0.39 is 0 Å². The highest BCUT2D eigenvalue weighted by Crippen LogP contribution is 2.24. The van der Waals surface area contributed by atoms with Crippen molar-refractivity contribution in [2.75, 3.05) is 59.6 Å². The van der Waals surface area contributed by atoms with Gasteiger partial charge in [0.25, 0.3) is 0 Å². The molecule has 342 valence electrons. The zero-order chi connectivity index (χ0) is 43.0. The van der Waals surface area contributed by atoms with Gasteiger partial charge in [0.05, 0.1) is 25.7 Å². The van der Waals surface area contributed by atoms with Gasteiger partial charge in [-0.3, -0.25) is 14.4 Å². The number of carbonyl (C=O) groups is 3. The molecule has 8 nitrogen and oxygen atoms in total. The van der Waals surface area contributed by atoms with Crippen molar-refractivity contribution in [1.82, 2.24) is 9.80 Å². The molecule has 0 amide bonds. The van der Waals surface area contributed by atoms with E-state index in [0.717, 1.165) is 129 Å². The molecular formula is C50H96N2O6. The Bertz CT molecular complexity index is 950. The normalized spacial score (nSPS) is 15.7. The van der Waals surface area contributed by atoms with Gasteiger partial charge in [0.2, 0.25) is 0 Å². The van der Waals surface area contributed by atoms with Crippen LogP contribution in [0.4, 0.5) is 0 Å². The minimum Gasteiger partial charge on any atom is -0.465 e. The van der Waals surface area contributed by atoms with Crippen molar-refractivity contribution in [2.24, 2.45) is 41.4 Å². The van der Waals surface area contributed by atoms with Crippen LogP contribution in [0, 0.1) is 41.4 Å². The van der Waals surface area contributed by atoms with Crippen LogP contribution in [0.5, 0.6) is 0 Å². The molecule has 2 unspecified atom stereocenters. The summed E-state index contributed by atoms with van der Waals surface area (Å²) in [5.74, 6) is 3.29. The van der Waals surface area contributed by atoms with E-state index in [-0.39, 0.29) is 23.8 Å². The summed E-state index contributed by atoms with van der Waals surface area (Å²) in [5, 5.41) is 0. The summed E-state index contributed by atoms with van der Waals surface area (Å²) < 4.78 is 17.2. The fraction of sp³-hybridized carbons (Fsp3) is 0.940. The molecule has 1 rings (SSSR count). The number of likely N-dealkylation sites (N-methyl/N-ethyl adjacent to an activating group) is 1. The SMILES string of the molecule is CC(C)CCC(COC(=O)CCCCCCCCCC(CCCCCCCCCC(=O)OCC(CCC(C)C)C(C)C)C(=O)OCCCN1CCN(C)CC1)C(C)C. The smallest absolute Gasteiger partial charge is 0.308 e. The largest absolute Gasteiger partial charge is 0.465 e. The van der Waals surface area contributed by atoms with Crippen molar-refractivity contribution in [3.8, 4) is 0 Å². The standard InChI is InChI=1S/C50H96N2O6/c1-41(2)29-31-46(43(5)6)39-57-48(53)27-22-18-14-10-12-16-20-25-45(50(55)56-38-24-33-52-36-34-51(9)35-37-52)26-21-17-13-11-15-19-23-28-49(54)58-40-47(44(7)8)32-30-42(3)4/h41-47H,10-40H2,1-9H3. The Labute approximate surface area is 359 Å². The molecule has 0 radical (unpaired) electrons. The number of nitrogens with zero attached hydrogens (tertiary/aromatic N) is 2. The van der Waals surface area contributed by atoms with Crippen LogP contribution in [0.3, 0.4) is 0 Å². The molecule has 0 bridgehead atoms. The van der Waals surface area contributed by atoms with Gasteiger partial charge in [-0.15, -0.1) is 0 Å². The van der Waals surface area contributed by atoms with Crippen molar-refractivity contribution in [2.45, 2.75) is 203 Å². The minimum absolute atomic E-state index is 0.00185. The lowest BCUT2D eigenvalue weighted by atomic mass is 9.89. The van der Waals surface area contributed by atoms with Gasteiger partial charge in [-0.25, -0.2) is 0 Å². The van der Waals surface area contributed by atoms with Crippen LogP contribution in [-0.4, -0.2) is 87.3 Å². The molecule has 0 aliphatic carbocycles. The molecule has 1 saturated heterocycles. The zero-order valence-corrected chi connectivity index (χ0v) is 39.8. The summed E-state index contributed by atoms with van der Waals surface area (Å²) >= 11 is 0. The number of piperazine rings is 1. The average molecular weight is 821 g/mol. The highest BCUT2D eigenvalue weighted by atomic mass is 16.5. The number of hydrogen-bond donors (Lipinski definition) is 0.